The standard InChI is InChI=1S/C28H38FN3O/c1-21(2)20-33-28-12-8-23(9-13-28)18-30-22(3)32(19-24-6-10-25(29)11-7-24)27-14-16-31-15-4-5-26(31)17-27/h6-13,21,26-27,30H,3-5,14-20H2,1-2H3/t26-,27-/m0/s1. The van der Waals surface area contributed by atoms with Crippen molar-refractivity contribution in [3.8, 4) is 5.75 Å². The zero-order valence-electron chi connectivity index (χ0n) is 20.1. The Morgan fingerprint density at radius 3 is 2.55 bits per heavy atom. The lowest BCUT2D eigenvalue weighted by molar-refractivity contribution is 0.0998. The van der Waals surface area contributed by atoms with Crippen molar-refractivity contribution in [1.29, 1.82) is 0 Å². The fraction of sp³-hybridized carbons (Fsp3) is 0.500. The second-order valence-corrected chi connectivity index (χ2v) is 9.91. The van der Waals surface area contributed by atoms with Crippen LogP contribution in [0.25, 0.3) is 0 Å². The largest absolute Gasteiger partial charge is 0.493 e. The zero-order valence-corrected chi connectivity index (χ0v) is 20.1. The topological polar surface area (TPSA) is 27.7 Å². The summed E-state index contributed by atoms with van der Waals surface area (Å²) in [7, 11) is 0. The molecule has 1 N–H and O–H groups in total. The molecule has 0 amide bonds. The zero-order chi connectivity index (χ0) is 23.2. The normalized spacial score (nSPS) is 20.5. The van der Waals surface area contributed by atoms with E-state index in [1.165, 1.54) is 31.4 Å². The Labute approximate surface area is 198 Å². The van der Waals surface area contributed by atoms with Gasteiger partial charge in [0, 0.05) is 31.7 Å². The summed E-state index contributed by atoms with van der Waals surface area (Å²) in [4.78, 5) is 5.05. The highest BCUT2D eigenvalue weighted by Gasteiger charge is 2.34. The van der Waals surface area contributed by atoms with Crippen LogP contribution in [-0.4, -0.2) is 41.6 Å². The number of piperidine rings is 1. The van der Waals surface area contributed by atoms with Crippen LogP contribution in [0.5, 0.6) is 5.75 Å². The first-order valence-corrected chi connectivity index (χ1v) is 12.4. The average molecular weight is 452 g/mol. The van der Waals surface area contributed by atoms with Crippen molar-refractivity contribution in [1.82, 2.24) is 15.1 Å². The predicted molar refractivity (Wildman–Crippen MR) is 132 cm³/mol. The molecule has 0 spiro atoms. The van der Waals surface area contributed by atoms with Gasteiger partial charge in [0.05, 0.1) is 12.4 Å². The van der Waals surface area contributed by atoms with E-state index in [0.29, 0.717) is 24.5 Å². The van der Waals surface area contributed by atoms with E-state index < -0.39 is 0 Å². The van der Waals surface area contributed by atoms with Gasteiger partial charge in [-0.2, -0.15) is 0 Å². The monoisotopic (exact) mass is 451 g/mol. The highest BCUT2D eigenvalue weighted by molar-refractivity contribution is 5.27. The smallest absolute Gasteiger partial charge is 0.123 e. The summed E-state index contributed by atoms with van der Waals surface area (Å²) in [5.41, 5.74) is 2.31. The van der Waals surface area contributed by atoms with Crippen LogP contribution in [0.3, 0.4) is 0 Å². The molecule has 5 heteroatoms. The van der Waals surface area contributed by atoms with E-state index in [9.17, 15) is 4.39 Å². The van der Waals surface area contributed by atoms with Gasteiger partial charge in [-0.1, -0.05) is 44.7 Å². The minimum atomic E-state index is -0.192. The lowest BCUT2D eigenvalue weighted by Crippen LogP contribution is -2.48. The fourth-order valence-corrected chi connectivity index (χ4v) is 4.99. The van der Waals surface area contributed by atoms with Crippen molar-refractivity contribution in [2.45, 2.75) is 64.7 Å². The van der Waals surface area contributed by atoms with Crippen molar-refractivity contribution in [3.05, 3.63) is 77.9 Å². The number of ether oxygens (including phenoxy) is 1. The van der Waals surface area contributed by atoms with Gasteiger partial charge in [0.25, 0.3) is 0 Å². The van der Waals surface area contributed by atoms with Gasteiger partial charge >= 0.3 is 0 Å². The molecule has 2 fully saturated rings. The molecule has 2 aliphatic heterocycles. The third kappa shape index (κ3) is 6.50. The van der Waals surface area contributed by atoms with Gasteiger partial charge in [0.15, 0.2) is 0 Å². The number of hydrogen-bond donors (Lipinski definition) is 1. The minimum absolute atomic E-state index is 0.192. The molecule has 2 aromatic carbocycles. The first-order chi connectivity index (χ1) is 16.0. The number of hydrogen-bond acceptors (Lipinski definition) is 4. The molecule has 0 bridgehead atoms. The summed E-state index contributed by atoms with van der Waals surface area (Å²) in [5, 5.41) is 3.56. The third-order valence-electron chi connectivity index (χ3n) is 6.85. The molecular formula is C28H38FN3O. The van der Waals surface area contributed by atoms with E-state index in [0.717, 1.165) is 43.3 Å². The molecule has 2 atom stereocenters. The molecule has 2 aliphatic rings. The number of benzene rings is 2. The fourth-order valence-electron chi connectivity index (χ4n) is 4.99. The van der Waals surface area contributed by atoms with Crippen molar-refractivity contribution in [2.75, 3.05) is 19.7 Å². The van der Waals surface area contributed by atoms with Gasteiger partial charge in [-0.3, -0.25) is 0 Å². The van der Waals surface area contributed by atoms with E-state index >= 15 is 0 Å². The maximum Gasteiger partial charge on any atom is 0.123 e. The molecule has 178 valence electrons. The van der Waals surface area contributed by atoms with Gasteiger partial charge in [-0.05, 0) is 73.5 Å². The molecular weight excluding hydrogens is 413 g/mol. The van der Waals surface area contributed by atoms with Crippen LogP contribution >= 0.6 is 0 Å². The van der Waals surface area contributed by atoms with Gasteiger partial charge in [-0.25, -0.2) is 4.39 Å². The molecule has 2 heterocycles. The van der Waals surface area contributed by atoms with Gasteiger partial charge < -0.3 is 19.9 Å². The summed E-state index contributed by atoms with van der Waals surface area (Å²) in [6, 6.07) is 16.3. The van der Waals surface area contributed by atoms with Crippen molar-refractivity contribution in [2.24, 2.45) is 5.92 Å². The molecule has 0 aliphatic carbocycles. The molecule has 4 nitrogen and oxygen atoms in total. The molecule has 0 radical (unpaired) electrons. The first kappa shape index (κ1) is 23.6. The molecule has 2 saturated heterocycles. The van der Waals surface area contributed by atoms with Crippen LogP contribution in [0.1, 0.15) is 50.7 Å². The van der Waals surface area contributed by atoms with Crippen molar-refractivity contribution < 1.29 is 9.13 Å². The van der Waals surface area contributed by atoms with E-state index in [2.05, 4.69) is 47.7 Å². The van der Waals surface area contributed by atoms with Crippen LogP contribution in [-0.2, 0) is 13.1 Å². The van der Waals surface area contributed by atoms with Crippen LogP contribution in [0.15, 0.2) is 60.9 Å². The Morgan fingerprint density at radius 2 is 1.82 bits per heavy atom. The van der Waals surface area contributed by atoms with Gasteiger partial charge in [0.2, 0.25) is 0 Å². The molecule has 4 rings (SSSR count). The first-order valence-electron chi connectivity index (χ1n) is 12.4. The maximum atomic E-state index is 13.5. The van der Waals surface area contributed by atoms with E-state index in [1.54, 1.807) is 12.1 Å². The third-order valence-corrected chi connectivity index (χ3v) is 6.85. The Morgan fingerprint density at radius 1 is 1.09 bits per heavy atom. The van der Waals surface area contributed by atoms with Crippen LogP contribution < -0.4 is 10.1 Å². The van der Waals surface area contributed by atoms with Gasteiger partial charge in [-0.15, -0.1) is 0 Å². The SMILES string of the molecule is C=C(NCc1ccc(OCC(C)C)cc1)N(Cc1ccc(F)cc1)[C@H]1CCN2CCC[C@H]2C1. The number of nitrogens with one attached hydrogen (secondary N) is 1. The average Bonchev–Trinajstić information content (AvgIpc) is 3.29. The quantitative estimate of drug-likeness (QED) is 0.513. The number of nitrogens with zero attached hydrogens (tertiary/aromatic N) is 2. The lowest BCUT2D eigenvalue weighted by atomic mass is 9.95. The minimum Gasteiger partial charge on any atom is -0.493 e. The number of rotatable bonds is 10. The summed E-state index contributed by atoms with van der Waals surface area (Å²) in [6.07, 6.45) is 4.92. The Kier molecular flexibility index (Phi) is 7.92. The molecule has 33 heavy (non-hydrogen) atoms. The molecule has 0 unspecified atom stereocenters. The van der Waals surface area contributed by atoms with E-state index in [-0.39, 0.29) is 5.82 Å². The van der Waals surface area contributed by atoms with Crippen molar-refractivity contribution in [3.63, 3.8) is 0 Å². The highest BCUT2D eigenvalue weighted by atomic mass is 19.1. The van der Waals surface area contributed by atoms with Crippen LogP contribution in [0.4, 0.5) is 4.39 Å². The van der Waals surface area contributed by atoms with Gasteiger partial charge in [0.1, 0.15) is 11.6 Å². The maximum absolute atomic E-state index is 13.5. The number of fused-ring (bicyclic) bond motifs is 1. The lowest BCUT2D eigenvalue weighted by Gasteiger charge is -2.42. The summed E-state index contributed by atoms with van der Waals surface area (Å²) in [6.45, 7) is 13.3. The van der Waals surface area contributed by atoms with E-state index in [4.69, 9.17) is 4.74 Å². The van der Waals surface area contributed by atoms with Crippen molar-refractivity contribution >= 4 is 0 Å². The Bertz CT molecular complexity index is 896. The predicted octanol–water partition coefficient (Wildman–Crippen LogP) is 5.55. The summed E-state index contributed by atoms with van der Waals surface area (Å²) in [5.74, 6) is 2.17. The molecule has 2 aromatic rings. The molecule has 0 saturated carbocycles. The summed E-state index contributed by atoms with van der Waals surface area (Å²) < 4.78 is 19.2. The van der Waals surface area contributed by atoms with E-state index in [1.807, 2.05) is 24.3 Å². The second kappa shape index (κ2) is 11.1. The highest BCUT2D eigenvalue weighted by Crippen LogP contribution is 2.31. The van der Waals surface area contributed by atoms with Crippen LogP contribution in [0.2, 0.25) is 0 Å². The number of halogens is 1. The molecule has 0 aromatic heterocycles. The van der Waals surface area contributed by atoms with Crippen LogP contribution in [0, 0.1) is 11.7 Å². The Hall–Kier alpha value is -2.53. The summed E-state index contributed by atoms with van der Waals surface area (Å²) >= 11 is 0. The second-order valence-electron chi connectivity index (χ2n) is 9.91. The Balaban J connectivity index is 1.39.